The Balaban J connectivity index is 1.14. The van der Waals surface area contributed by atoms with Gasteiger partial charge >= 0.3 is 0 Å². The average Bonchev–Trinajstić information content (AvgIpc) is 3.96. The second-order valence-electron chi connectivity index (χ2n) is 13.5. The van der Waals surface area contributed by atoms with Crippen LogP contribution in [0.2, 0.25) is 0 Å². The highest BCUT2D eigenvalue weighted by molar-refractivity contribution is 6.17. The van der Waals surface area contributed by atoms with E-state index < -0.39 is 0 Å². The first-order valence-corrected chi connectivity index (χ1v) is 18.0. The Morgan fingerprint density at radius 3 is 1.59 bits per heavy atom. The molecule has 0 bridgehead atoms. The van der Waals surface area contributed by atoms with E-state index in [0.717, 1.165) is 94.3 Å². The van der Waals surface area contributed by atoms with E-state index in [1.54, 1.807) is 0 Å². The zero-order valence-electron chi connectivity index (χ0n) is 28.9. The van der Waals surface area contributed by atoms with Gasteiger partial charge < -0.3 is 18.2 Å². The lowest BCUT2D eigenvalue weighted by Gasteiger charge is -2.26. The molecule has 0 unspecified atom stereocenters. The van der Waals surface area contributed by atoms with E-state index >= 15 is 0 Å². The number of fused-ring (bicyclic) bond motifs is 7. The summed E-state index contributed by atoms with van der Waals surface area (Å²) in [6.45, 7) is 0. The molecular formula is C49H30N2O3. The van der Waals surface area contributed by atoms with Gasteiger partial charge in [0.1, 0.15) is 28.0 Å². The molecule has 8 aromatic carbocycles. The Hall–Kier alpha value is -7.37. The number of nitrogens with zero attached hydrogens (tertiary/aromatic N) is 2. The zero-order chi connectivity index (χ0) is 35.6. The van der Waals surface area contributed by atoms with Crippen molar-refractivity contribution in [3.05, 3.63) is 182 Å². The summed E-state index contributed by atoms with van der Waals surface area (Å²) in [5, 5.41) is 4.21. The fraction of sp³-hybridized carbons (Fsp3) is 0. The second kappa shape index (κ2) is 12.1. The molecule has 0 N–H and O–H groups in total. The number of para-hydroxylation sites is 3. The molecule has 0 aliphatic rings. The molecule has 0 aliphatic carbocycles. The van der Waals surface area contributed by atoms with Crippen molar-refractivity contribution in [3.63, 3.8) is 0 Å². The molecule has 254 valence electrons. The van der Waals surface area contributed by atoms with E-state index in [1.807, 2.05) is 66.7 Å². The normalized spacial score (nSPS) is 11.7. The number of rotatable bonds is 6. The van der Waals surface area contributed by atoms with Gasteiger partial charge in [-0.05, 0) is 71.3 Å². The summed E-state index contributed by atoms with van der Waals surface area (Å²) in [4.78, 5) is 7.29. The summed E-state index contributed by atoms with van der Waals surface area (Å²) in [5.74, 6) is 0.553. The SMILES string of the molecule is c1ccc(-c2ccc(N(c3ccc(-c4cccc5c4oc4ccccc45)cc3)c3c4oc(-c5ccccc5)nc4cc4c3oc3ccccc34)cc2)cc1. The molecule has 11 aromatic rings. The topological polar surface area (TPSA) is 55.6 Å². The standard InChI is InChI=1S/C49H30N2O3/c1-3-12-31(13-4-1)32-22-26-35(27-23-32)51(36-28-24-33(25-29-36)37-18-11-19-40-38-16-7-9-20-43(38)52-46(37)40)45-47-41(39-17-8-10-21-44(39)53-47)30-42-48(45)54-49(50-42)34-14-5-2-6-15-34/h1-30H. The zero-order valence-corrected chi connectivity index (χ0v) is 28.9. The highest BCUT2D eigenvalue weighted by Gasteiger charge is 2.27. The Morgan fingerprint density at radius 1 is 0.370 bits per heavy atom. The third-order valence-electron chi connectivity index (χ3n) is 10.3. The first-order valence-electron chi connectivity index (χ1n) is 18.0. The Kier molecular flexibility index (Phi) is 6.79. The van der Waals surface area contributed by atoms with Crippen LogP contribution in [0.4, 0.5) is 17.1 Å². The lowest BCUT2D eigenvalue weighted by molar-refractivity contribution is 0.618. The van der Waals surface area contributed by atoms with Gasteiger partial charge in [0.05, 0.1) is 0 Å². The van der Waals surface area contributed by atoms with Gasteiger partial charge in [-0.2, -0.15) is 0 Å². The summed E-state index contributed by atoms with van der Waals surface area (Å²) in [6.07, 6.45) is 0. The Morgan fingerprint density at radius 2 is 0.907 bits per heavy atom. The van der Waals surface area contributed by atoms with Crippen molar-refractivity contribution in [2.45, 2.75) is 0 Å². The lowest BCUT2D eigenvalue weighted by atomic mass is 10.0. The maximum atomic E-state index is 6.75. The minimum absolute atomic E-state index is 0.553. The molecule has 54 heavy (non-hydrogen) atoms. The maximum Gasteiger partial charge on any atom is 0.227 e. The summed E-state index contributed by atoms with van der Waals surface area (Å²) in [7, 11) is 0. The van der Waals surface area contributed by atoms with Crippen LogP contribution in [0.3, 0.4) is 0 Å². The smallest absolute Gasteiger partial charge is 0.227 e. The molecule has 0 spiro atoms. The molecule has 5 heteroatoms. The molecular weight excluding hydrogens is 665 g/mol. The van der Waals surface area contributed by atoms with Crippen LogP contribution in [0.1, 0.15) is 0 Å². The van der Waals surface area contributed by atoms with Gasteiger partial charge in [-0.3, -0.25) is 0 Å². The van der Waals surface area contributed by atoms with Crippen molar-refractivity contribution in [2.24, 2.45) is 0 Å². The third-order valence-corrected chi connectivity index (χ3v) is 10.3. The average molecular weight is 695 g/mol. The van der Waals surface area contributed by atoms with Crippen LogP contribution in [-0.2, 0) is 0 Å². The number of anilines is 3. The number of aromatic nitrogens is 1. The summed E-state index contributed by atoms with van der Waals surface area (Å²) in [5.41, 5.74) is 12.7. The number of furan rings is 2. The minimum atomic E-state index is 0.553. The van der Waals surface area contributed by atoms with Crippen molar-refractivity contribution >= 4 is 72.0 Å². The molecule has 0 amide bonds. The number of hydrogen-bond donors (Lipinski definition) is 0. The minimum Gasteiger partial charge on any atom is -0.455 e. The van der Waals surface area contributed by atoms with Crippen molar-refractivity contribution in [1.29, 1.82) is 0 Å². The van der Waals surface area contributed by atoms with Crippen LogP contribution in [-0.4, -0.2) is 4.98 Å². The first kappa shape index (κ1) is 30.3. The van der Waals surface area contributed by atoms with Gasteiger partial charge in [-0.25, -0.2) is 4.98 Å². The van der Waals surface area contributed by atoms with E-state index in [0.29, 0.717) is 11.5 Å². The monoisotopic (exact) mass is 694 g/mol. The molecule has 0 radical (unpaired) electrons. The maximum absolute atomic E-state index is 6.75. The van der Waals surface area contributed by atoms with Crippen LogP contribution < -0.4 is 4.90 Å². The fourth-order valence-corrected chi connectivity index (χ4v) is 7.74. The van der Waals surface area contributed by atoms with Crippen LogP contribution in [0.15, 0.2) is 195 Å². The highest BCUT2D eigenvalue weighted by Crippen LogP contribution is 2.48. The molecule has 0 saturated heterocycles. The van der Waals surface area contributed by atoms with Gasteiger partial charge in [-0.15, -0.1) is 0 Å². The molecule has 0 fully saturated rings. The number of hydrogen-bond acceptors (Lipinski definition) is 5. The van der Waals surface area contributed by atoms with Crippen LogP contribution >= 0.6 is 0 Å². The van der Waals surface area contributed by atoms with E-state index in [9.17, 15) is 0 Å². The van der Waals surface area contributed by atoms with Crippen LogP contribution in [0, 0.1) is 0 Å². The molecule has 3 aromatic heterocycles. The van der Waals surface area contributed by atoms with Gasteiger partial charge in [0, 0.05) is 44.0 Å². The molecule has 0 saturated carbocycles. The van der Waals surface area contributed by atoms with E-state index in [-0.39, 0.29) is 0 Å². The van der Waals surface area contributed by atoms with E-state index in [2.05, 4.69) is 120 Å². The van der Waals surface area contributed by atoms with Gasteiger partial charge in [-0.1, -0.05) is 127 Å². The van der Waals surface area contributed by atoms with Crippen LogP contribution in [0.5, 0.6) is 0 Å². The quantitative estimate of drug-likeness (QED) is 0.173. The highest BCUT2D eigenvalue weighted by atomic mass is 16.4. The van der Waals surface area contributed by atoms with E-state index in [4.69, 9.17) is 18.2 Å². The van der Waals surface area contributed by atoms with Gasteiger partial charge in [0.2, 0.25) is 5.89 Å². The summed E-state index contributed by atoms with van der Waals surface area (Å²) >= 11 is 0. The second-order valence-corrected chi connectivity index (χ2v) is 13.5. The Bertz CT molecular complexity index is 3140. The molecule has 0 atom stereocenters. The first-order chi connectivity index (χ1) is 26.8. The fourth-order valence-electron chi connectivity index (χ4n) is 7.74. The molecule has 11 rings (SSSR count). The number of benzene rings is 8. The number of oxazole rings is 1. The summed E-state index contributed by atoms with van der Waals surface area (Å²) in [6, 6.07) is 62.5. The van der Waals surface area contributed by atoms with Crippen LogP contribution in [0.25, 0.3) is 88.7 Å². The van der Waals surface area contributed by atoms with E-state index in [1.165, 1.54) is 0 Å². The van der Waals surface area contributed by atoms with Gasteiger partial charge in [0.25, 0.3) is 0 Å². The van der Waals surface area contributed by atoms with Crippen molar-refractivity contribution in [3.8, 4) is 33.7 Å². The predicted molar refractivity (Wildman–Crippen MR) is 220 cm³/mol. The summed E-state index contributed by atoms with van der Waals surface area (Å²) < 4.78 is 19.9. The van der Waals surface area contributed by atoms with Crippen molar-refractivity contribution in [1.82, 2.24) is 4.98 Å². The van der Waals surface area contributed by atoms with Crippen molar-refractivity contribution in [2.75, 3.05) is 4.90 Å². The molecule has 0 aliphatic heterocycles. The predicted octanol–water partition coefficient (Wildman–Crippen LogP) is 14.1. The Labute approximate surface area is 309 Å². The molecule has 3 heterocycles. The molecule has 5 nitrogen and oxygen atoms in total. The van der Waals surface area contributed by atoms with Crippen molar-refractivity contribution < 1.29 is 13.3 Å². The van der Waals surface area contributed by atoms with Gasteiger partial charge in [0.15, 0.2) is 11.2 Å². The lowest BCUT2D eigenvalue weighted by Crippen LogP contribution is -2.10. The third kappa shape index (κ3) is 4.83. The largest absolute Gasteiger partial charge is 0.455 e.